The van der Waals surface area contributed by atoms with E-state index in [9.17, 15) is 0 Å². The van der Waals surface area contributed by atoms with E-state index >= 15 is 0 Å². The summed E-state index contributed by atoms with van der Waals surface area (Å²) in [5.74, 6) is 2.06. The summed E-state index contributed by atoms with van der Waals surface area (Å²) in [6, 6.07) is 46.8. The number of methoxy groups -OCH3 is 2. The van der Waals surface area contributed by atoms with Gasteiger partial charge in [-0.3, -0.25) is 0 Å². The zero-order valence-corrected chi connectivity index (χ0v) is 37.1. The second-order valence-electron chi connectivity index (χ2n) is 16.8. The quantitative estimate of drug-likeness (QED) is 0.118. The van der Waals surface area contributed by atoms with Gasteiger partial charge in [0.2, 0.25) is 0 Å². The Hall–Kier alpha value is -6.36. The molecule has 7 aromatic rings. The van der Waals surface area contributed by atoms with Crippen molar-refractivity contribution in [1.29, 1.82) is 0 Å². The number of hydrogen-bond donors (Lipinski definition) is 0. The van der Waals surface area contributed by atoms with Crippen LogP contribution in [0.15, 0.2) is 222 Å². The molecule has 0 amide bonds. The maximum absolute atomic E-state index is 6.14. The zero-order valence-electron chi connectivity index (χ0n) is 35.0. The summed E-state index contributed by atoms with van der Waals surface area (Å²) < 4.78 is 14.5. The van der Waals surface area contributed by atoms with Crippen LogP contribution in [0, 0.1) is 0 Å². The van der Waals surface area contributed by atoms with Crippen LogP contribution in [0.1, 0.15) is 36.8 Å². The third-order valence-corrected chi connectivity index (χ3v) is 21.5. The van der Waals surface area contributed by atoms with Crippen molar-refractivity contribution in [2.75, 3.05) is 14.2 Å². The van der Waals surface area contributed by atoms with Gasteiger partial charge in [-0.15, -0.1) is 0 Å². The van der Waals surface area contributed by atoms with E-state index in [-0.39, 0.29) is 11.8 Å². The molecule has 0 fully saturated rings. The third kappa shape index (κ3) is 5.91. The van der Waals surface area contributed by atoms with Crippen LogP contribution in [-0.4, -0.2) is 28.6 Å². The SMILES string of the molecule is COc1c2ccccc2c(C2C=CC=CC3=C2C=C(C)[CH]3[Ge]([c]2ccccc2)[CH]2C(C)=CC3=C2C=CC=CC3c2c3ccccc3c(OC)c3ccccc23)c2ccccc12. The number of ether oxygens (including phenoxy) is 2. The number of hydrogen-bond acceptors (Lipinski definition) is 2. The standard InChI is InChI=1S/C58H47GeO2/c1-36-34-51-43(53-39-22-10-16-30-47(39)57(60-3)48-31-17-11-23-40(48)53)26-8-14-28-45(51)55(36)59(38-20-6-5-7-21-38)56-37(2)35-52-44(27-9-15-29-46(52)56)54-41-24-12-18-32-49(41)58(61-4)50-33-19-13-25-42(50)54/h5-35,43-44,55-56H,1-4H3. The van der Waals surface area contributed by atoms with Crippen molar-refractivity contribution in [3.8, 4) is 11.5 Å². The van der Waals surface area contributed by atoms with Crippen molar-refractivity contribution < 1.29 is 9.47 Å². The summed E-state index contributed by atoms with van der Waals surface area (Å²) in [4.78, 5) is 0. The minimum absolute atomic E-state index is 0.0823. The molecule has 0 heterocycles. The van der Waals surface area contributed by atoms with Gasteiger partial charge in [0.15, 0.2) is 0 Å². The minimum atomic E-state index is -2.38. The Balaban J connectivity index is 1.11. The summed E-state index contributed by atoms with van der Waals surface area (Å²) in [7, 11) is 3.60. The Bertz CT molecular complexity index is 2890. The molecule has 61 heavy (non-hydrogen) atoms. The number of fused-ring (bicyclic) bond motifs is 4. The molecule has 11 rings (SSSR count). The van der Waals surface area contributed by atoms with Crippen molar-refractivity contribution >= 4 is 61.8 Å². The first kappa shape index (κ1) is 37.6. The molecule has 4 aliphatic rings. The average Bonchev–Trinajstić information content (AvgIpc) is 3.60. The number of rotatable bonds is 7. The molecule has 0 aliphatic heterocycles. The van der Waals surface area contributed by atoms with E-state index in [4.69, 9.17) is 9.47 Å². The second kappa shape index (κ2) is 15.3. The summed E-state index contributed by atoms with van der Waals surface area (Å²) >= 11 is -2.38. The molecule has 0 saturated carbocycles. The van der Waals surface area contributed by atoms with Gasteiger partial charge in [-0.2, -0.15) is 0 Å². The fourth-order valence-corrected chi connectivity index (χ4v) is 19.5. The predicted molar refractivity (Wildman–Crippen MR) is 259 cm³/mol. The summed E-state index contributed by atoms with van der Waals surface area (Å²) in [5.41, 5.74) is 11.5. The van der Waals surface area contributed by atoms with E-state index in [0.29, 0.717) is 9.50 Å². The van der Waals surface area contributed by atoms with Crippen LogP contribution < -0.4 is 13.9 Å². The van der Waals surface area contributed by atoms with Crippen molar-refractivity contribution in [3.05, 3.63) is 233 Å². The van der Waals surface area contributed by atoms with Gasteiger partial charge in [-0.05, 0) is 0 Å². The molecule has 0 N–H and O–H groups in total. The van der Waals surface area contributed by atoms with E-state index in [1.165, 1.54) is 70.5 Å². The van der Waals surface area contributed by atoms with Crippen LogP contribution in [0.5, 0.6) is 11.5 Å². The van der Waals surface area contributed by atoms with Crippen LogP contribution in [0.25, 0.3) is 43.1 Å². The molecule has 0 saturated heterocycles. The summed E-state index contributed by atoms with van der Waals surface area (Å²) in [6.45, 7) is 4.83. The van der Waals surface area contributed by atoms with Crippen LogP contribution in [0.2, 0.25) is 9.50 Å². The van der Waals surface area contributed by atoms with Crippen molar-refractivity contribution in [2.45, 2.75) is 35.2 Å². The van der Waals surface area contributed by atoms with Gasteiger partial charge in [-0.1, -0.05) is 0 Å². The van der Waals surface area contributed by atoms with E-state index in [0.717, 1.165) is 33.0 Å². The molecule has 4 aliphatic carbocycles. The van der Waals surface area contributed by atoms with E-state index in [1.807, 2.05) is 0 Å². The van der Waals surface area contributed by atoms with Crippen LogP contribution in [0.3, 0.4) is 0 Å². The van der Waals surface area contributed by atoms with Crippen molar-refractivity contribution in [2.24, 2.45) is 0 Å². The first-order chi connectivity index (χ1) is 30.1. The van der Waals surface area contributed by atoms with Gasteiger partial charge in [0.25, 0.3) is 0 Å². The van der Waals surface area contributed by atoms with E-state index in [2.05, 4.69) is 202 Å². The first-order valence-electron chi connectivity index (χ1n) is 21.5. The molecule has 7 aromatic carbocycles. The molecule has 0 aromatic heterocycles. The summed E-state index contributed by atoms with van der Waals surface area (Å²) in [5, 5.41) is 9.64. The van der Waals surface area contributed by atoms with Crippen LogP contribution in [-0.2, 0) is 0 Å². The normalized spacial score (nSPS) is 20.7. The first-order valence-corrected chi connectivity index (χ1v) is 25.0. The Morgan fingerprint density at radius 1 is 0.393 bits per heavy atom. The van der Waals surface area contributed by atoms with Gasteiger partial charge in [0, 0.05) is 0 Å². The molecule has 0 spiro atoms. The fraction of sp³-hybridized carbons (Fsp3) is 0.138. The predicted octanol–water partition coefficient (Wildman–Crippen LogP) is 14.1. The van der Waals surface area contributed by atoms with Gasteiger partial charge in [-0.25, -0.2) is 0 Å². The fourth-order valence-electron chi connectivity index (χ4n) is 11.3. The molecule has 4 unspecified atom stereocenters. The second-order valence-corrected chi connectivity index (χ2v) is 22.3. The molecule has 0 bridgehead atoms. The third-order valence-electron chi connectivity index (χ3n) is 13.6. The molecule has 1 radical (unpaired) electrons. The van der Waals surface area contributed by atoms with Crippen LogP contribution in [0.4, 0.5) is 0 Å². The molecular formula is C58H47GeO2. The van der Waals surface area contributed by atoms with Gasteiger partial charge >= 0.3 is 365 Å². The van der Waals surface area contributed by atoms with Crippen LogP contribution >= 0.6 is 0 Å². The Labute approximate surface area is 363 Å². The zero-order chi connectivity index (χ0) is 41.2. The molecule has 3 heteroatoms. The summed E-state index contributed by atoms with van der Waals surface area (Å²) in [6.07, 6.45) is 24.1. The van der Waals surface area contributed by atoms with Gasteiger partial charge < -0.3 is 0 Å². The van der Waals surface area contributed by atoms with Gasteiger partial charge in [0.1, 0.15) is 0 Å². The Morgan fingerprint density at radius 2 is 0.738 bits per heavy atom. The Morgan fingerprint density at radius 3 is 1.10 bits per heavy atom. The number of allylic oxidation sites excluding steroid dienone is 16. The molecule has 295 valence electrons. The number of benzene rings is 7. The Kier molecular flexibility index (Phi) is 9.42. The average molecular weight is 849 g/mol. The van der Waals surface area contributed by atoms with E-state index < -0.39 is 14.3 Å². The van der Waals surface area contributed by atoms with Gasteiger partial charge in [0.05, 0.1) is 0 Å². The van der Waals surface area contributed by atoms with Crippen molar-refractivity contribution in [1.82, 2.24) is 0 Å². The monoisotopic (exact) mass is 849 g/mol. The molecule has 4 atom stereocenters. The van der Waals surface area contributed by atoms with E-state index in [1.54, 1.807) is 14.2 Å². The maximum atomic E-state index is 6.14. The molecular weight excluding hydrogens is 801 g/mol. The van der Waals surface area contributed by atoms with Crippen molar-refractivity contribution in [3.63, 3.8) is 0 Å². The molecule has 2 nitrogen and oxygen atoms in total. The topological polar surface area (TPSA) is 18.5 Å².